The fraction of sp³-hybridized carbons (Fsp3) is 0.246. The van der Waals surface area contributed by atoms with E-state index in [9.17, 15) is 50.1 Å². The number of aliphatic hydroxyl groups is 1. The fourth-order valence-corrected chi connectivity index (χ4v) is 13.4. The molecule has 7 aromatic rings. The van der Waals surface area contributed by atoms with Gasteiger partial charge in [-0.15, -0.1) is 0 Å². The lowest BCUT2D eigenvalue weighted by atomic mass is 9.88. The highest BCUT2D eigenvalue weighted by Crippen LogP contribution is 2.49. The smallest absolute Gasteiger partial charge is 0.248 e. The average Bonchev–Trinajstić information content (AvgIpc) is 0.825. The van der Waals surface area contributed by atoms with Crippen LogP contribution in [0.2, 0.25) is 10.0 Å². The number of amides is 7. The number of aliphatic hydroxyl groups excluding tert-OH is 1. The van der Waals surface area contributed by atoms with Crippen molar-refractivity contribution in [2.24, 2.45) is 17.6 Å². The third kappa shape index (κ3) is 11.5. The van der Waals surface area contributed by atoms with Crippen molar-refractivity contribution in [3.05, 3.63) is 164 Å². The van der Waals surface area contributed by atoms with Crippen LogP contribution in [0.5, 0.6) is 69.0 Å². The number of rotatable bonds is 2. The maximum Gasteiger partial charge on any atom is 0.248 e. The number of aromatic hydroxyl groups is 6. The number of ether oxygens (including phenoxy) is 3. The summed E-state index contributed by atoms with van der Waals surface area (Å²) in [6, 6.07) is 9.42. The summed E-state index contributed by atoms with van der Waals surface area (Å²) in [5.74, 6) is -12.6. The van der Waals surface area contributed by atoms with Crippen LogP contribution in [0.4, 0.5) is 0 Å². The first-order valence-corrected chi connectivity index (χ1v) is 29.9. The summed E-state index contributed by atoms with van der Waals surface area (Å²) in [6.07, 6.45) is 0.922. The Balaban J connectivity index is 1.00. The van der Waals surface area contributed by atoms with Crippen molar-refractivity contribution >= 4 is 64.6 Å². The molecular weight excluding hydrogens is 1240 g/mol. The average molecular weight is 1290 g/mol. The maximum absolute atomic E-state index is 15.9. The van der Waals surface area contributed by atoms with Gasteiger partial charge >= 0.3 is 0 Å². The van der Waals surface area contributed by atoms with Gasteiger partial charge in [-0.3, -0.25) is 33.6 Å². The molecule has 3 unspecified atom stereocenters. The van der Waals surface area contributed by atoms with Crippen LogP contribution in [0.15, 0.2) is 115 Å². The van der Waals surface area contributed by atoms with E-state index in [-0.39, 0.29) is 95.9 Å². The molecule has 92 heavy (non-hydrogen) atoms. The number of nitrogens with one attached hydrogen (secondary N) is 7. The standard InChI is InChI=1S/C65H56Cl2N8O17/c66-38-12-26-2-9-45(38)91-48-20-32-21-49(58(48)82)92-46-10-6-30(18-39(46)67)57(81)56-65(89)74-55(64(88)69-40-13-25-1-3-27(40)11-25)37-23-34(77)24-44(80)50(37)36-17-29(5-7-42(36)78)52(61(85)75-56)72-63(87)54(32)73-62(86)53-31-15-33(76)22-35(16-31)90-47-19-28(4-8-43(47)79)51(68)60(84)70-41(14-26)59(83)71-53/h2,4-10,12,15-25,27,40-41,51-57,76-82H,1,3,11,13-14,68H2,(H,69,88)(H,70,84)(H,71,83)(H,72,87)(H,73,86)(H,74,89)(H,75,85)/t25?,27?,40?,41-,51-,52-,53+,54-,55+,56+,57-/m1/s1. The van der Waals surface area contributed by atoms with E-state index in [1.807, 2.05) is 0 Å². The lowest BCUT2D eigenvalue weighted by molar-refractivity contribution is -0.137. The van der Waals surface area contributed by atoms with Crippen LogP contribution >= 0.6 is 23.2 Å². The van der Waals surface area contributed by atoms with Crippen LogP contribution in [0, 0.1) is 11.8 Å². The van der Waals surface area contributed by atoms with E-state index in [1.165, 1.54) is 72.8 Å². The molecule has 2 saturated carbocycles. The summed E-state index contributed by atoms with van der Waals surface area (Å²) < 4.78 is 18.6. The molecule has 0 radical (unpaired) electrons. The second kappa shape index (κ2) is 23.7. The van der Waals surface area contributed by atoms with Crippen molar-refractivity contribution in [2.75, 3.05) is 0 Å². The van der Waals surface area contributed by atoms with Gasteiger partial charge in [-0.1, -0.05) is 53.9 Å². The molecule has 2 aliphatic carbocycles. The predicted molar refractivity (Wildman–Crippen MR) is 325 cm³/mol. The molecule has 6 heterocycles. The lowest BCUT2D eigenvalue weighted by Crippen LogP contribution is -2.56. The molecule has 7 aromatic carbocycles. The Bertz CT molecular complexity index is 4300. The molecule has 2 fully saturated rings. The van der Waals surface area contributed by atoms with Gasteiger partial charge < -0.3 is 92.9 Å². The minimum absolute atomic E-state index is 0.113. The number of fused-ring (bicyclic) bond motifs is 16. The molecule has 0 aromatic heterocycles. The van der Waals surface area contributed by atoms with E-state index in [0.29, 0.717) is 17.9 Å². The monoisotopic (exact) mass is 1290 g/mol. The Morgan fingerprint density at radius 3 is 1.83 bits per heavy atom. The first-order valence-electron chi connectivity index (χ1n) is 29.1. The topological polar surface area (TPSA) is 399 Å². The van der Waals surface area contributed by atoms with Crippen LogP contribution in [-0.4, -0.2) is 95.2 Å². The summed E-state index contributed by atoms with van der Waals surface area (Å²) in [7, 11) is 0. The number of carbonyl (C=O) groups is 7. The van der Waals surface area contributed by atoms with Crippen molar-refractivity contribution < 1.29 is 83.5 Å². The third-order valence-corrected chi connectivity index (χ3v) is 18.1. The van der Waals surface area contributed by atoms with E-state index >= 15 is 19.2 Å². The largest absolute Gasteiger partial charge is 0.508 e. The summed E-state index contributed by atoms with van der Waals surface area (Å²) in [5.41, 5.74) is 5.21. The number of phenols is 6. The molecule has 7 amide bonds. The van der Waals surface area contributed by atoms with Gasteiger partial charge in [0.2, 0.25) is 47.1 Å². The second-order valence-electron chi connectivity index (χ2n) is 23.6. The normalized spacial score (nSPS) is 25.0. The first-order chi connectivity index (χ1) is 44.0. The van der Waals surface area contributed by atoms with Gasteiger partial charge in [0.25, 0.3) is 0 Å². The quantitative estimate of drug-likeness (QED) is 0.0915. The van der Waals surface area contributed by atoms with Gasteiger partial charge in [-0.25, -0.2) is 0 Å². The van der Waals surface area contributed by atoms with Crippen molar-refractivity contribution in [1.82, 2.24) is 37.2 Å². The van der Waals surface area contributed by atoms with Crippen LogP contribution in [0.25, 0.3) is 11.1 Å². The number of carbonyl (C=O) groups excluding carboxylic acids is 7. The number of benzene rings is 7. The van der Waals surface area contributed by atoms with Gasteiger partial charge in [0, 0.05) is 35.7 Å². The zero-order valence-electron chi connectivity index (χ0n) is 47.9. The van der Waals surface area contributed by atoms with Crippen LogP contribution in [0.1, 0.15) is 101 Å². The van der Waals surface area contributed by atoms with E-state index < -0.39 is 136 Å². The fourth-order valence-electron chi connectivity index (χ4n) is 12.9. The zero-order chi connectivity index (χ0) is 64.7. The molecule has 27 heteroatoms. The Morgan fingerprint density at radius 2 is 1.14 bits per heavy atom. The molecule has 16 N–H and O–H groups in total. The van der Waals surface area contributed by atoms with Crippen molar-refractivity contribution in [3.63, 3.8) is 0 Å². The molecule has 25 nitrogen and oxygen atoms in total. The van der Waals surface area contributed by atoms with Gasteiger partial charge in [-0.2, -0.15) is 0 Å². The van der Waals surface area contributed by atoms with E-state index in [4.69, 9.17) is 43.1 Å². The molecule has 19 bridgehead atoms. The second-order valence-corrected chi connectivity index (χ2v) is 24.4. The Labute approximate surface area is 531 Å². The first kappa shape index (κ1) is 60.4. The van der Waals surface area contributed by atoms with Crippen molar-refractivity contribution in [2.45, 2.75) is 86.5 Å². The number of halogens is 2. The predicted octanol–water partition coefficient (Wildman–Crippen LogP) is 6.21. The van der Waals surface area contributed by atoms with Gasteiger partial charge in [0.05, 0.1) is 10.0 Å². The number of phenolic OH excluding ortho intramolecular Hbond substituents is 6. The van der Waals surface area contributed by atoms with Gasteiger partial charge in [-0.05, 0) is 149 Å². The SMILES string of the molecule is N[C@H]1C(=O)N[C@@H]2Cc3ccc(c(Cl)c3)Oc3cc4cc(c3O)Oc3ccc(cc3Cl)[C@@H](O)[C@@H]3NC(=O)[C@H](NC(=O)[C@@H]4NC(=O)[C@@H](NC2=O)c2cc(O)cc(c2)Oc2cc1ccc2O)c1ccc(O)c(c1)-c1c(O)cc(O)cc1[C@@H](C(=O)NC1CC2CCC1C2)NC3=O. The van der Waals surface area contributed by atoms with Gasteiger partial charge in [0.15, 0.2) is 23.0 Å². The van der Waals surface area contributed by atoms with Crippen molar-refractivity contribution in [1.29, 1.82) is 0 Å². The van der Waals surface area contributed by atoms with E-state index in [2.05, 4.69) is 37.2 Å². The van der Waals surface area contributed by atoms with Crippen molar-refractivity contribution in [3.8, 4) is 80.1 Å². The minimum atomic E-state index is -2.15. The molecule has 11 atom stereocenters. The number of hydrogen-bond acceptors (Lipinski definition) is 18. The van der Waals surface area contributed by atoms with Crippen LogP contribution in [-0.2, 0) is 40.0 Å². The van der Waals surface area contributed by atoms with Crippen LogP contribution in [0.3, 0.4) is 0 Å². The van der Waals surface area contributed by atoms with Gasteiger partial charge in [0.1, 0.15) is 88.6 Å². The highest BCUT2D eigenvalue weighted by atomic mass is 35.5. The van der Waals surface area contributed by atoms with E-state index in [0.717, 1.165) is 61.7 Å². The van der Waals surface area contributed by atoms with E-state index in [1.54, 1.807) is 0 Å². The van der Waals surface area contributed by atoms with Crippen LogP contribution < -0.4 is 57.2 Å². The molecule has 8 aliphatic rings. The maximum atomic E-state index is 15.9. The zero-order valence-corrected chi connectivity index (χ0v) is 49.4. The minimum Gasteiger partial charge on any atom is -0.508 e. The summed E-state index contributed by atoms with van der Waals surface area (Å²) >= 11 is 13.8. The Hall–Kier alpha value is -10.5. The lowest BCUT2D eigenvalue weighted by Gasteiger charge is -2.32. The Kier molecular flexibility index (Phi) is 15.6. The Morgan fingerprint density at radius 1 is 0.522 bits per heavy atom. The summed E-state index contributed by atoms with van der Waals surface area (Å²) in [4.78, 5) is 106. The molecule has 15 rings (SSSR count). The summed E-state index contributed by atoms with van der Waals surface area (Å²) in [6.45, 7) is 0. The molecular formula is C65H56Cl2N8O17. The molecule has 472 valence electrons. The molecule has 0 saturated heterocycles. The highest BCUT2D eigenvalue weighted by Gasteiger charge is 2.44. The highest BCUT2D eigenvalue weighted by molar-refractivity contribution is 6.32. The summed E-state index contributed by atoms with van der Waals surface area (Å²) in [5, 5.41) is 99.9. The molecule has 6 aliphatic heterocycles. The molecule has 0 spiro atoms. The third-order valence-electron chi connectivity index (χ3n) is 17.5. The number of nitrogens with two attached hydrogens (primary N) is 1. The number of hydrogen-bond donors (Lipinski definition) is 15.